The SMILES string of the molecule is O=S(=O)(NC(O)CF)c1cccnc1. The summed E-state index contributed by atoms with van der Waals surface area (Å²) in [7, 11) is -3.87. The van der Waals surface area contributed by atoms with Crippen LogP contribution in [-0.2, 0) is 10.0 Å². The maximum atomic E-state index is 11.8. The standard InChI is InChI=1S/C7H9FN2O3S/c8-4-7(11)10-14(12,13)6-2-1-3-9-5-6/h1-3,5,7,10-11H,4H2. The molecule has 2 N–H and O–H groups in total. The van der Waals surface area contributed by atoms with Crippen molar-refractivity contribution in [3.8, 4) is 0 Å². The second kappa shape index (κ2) is 4.45. The lowest BCUT2D eigenvalue weighted by molar-refractivity contribution is 0.129. The van der Waals surface area contributed by atoms with Gasteiger partial charge in [0.05, 0.1) is 0 Å². The van der Waals surface area contributed by atoms with Crippen LogP contribution in [0.5, 0.6) is 0 Å². The third kappa shape index (κ3) is 2.72. The van der Waals surface area contributed by atoms with E-state index in [4.69, 9.17) is 5.11 Å². The Kier molecular flexibility index (Phi) is 3.50. The van der Waals surface area contributed by atoms with E-state index in [0.29, 0.717) is 0 Å². The lowest BCUT2D eigenvalue weighted by Gasteiger charge is -2.08. The van der Waals surface area contributed by atoms with E-state index in [2.05, 4.69) is 4.98 Å². The van der Waals surface area contributed by atoms with Gasteiger partial charge in [-0.15, -0.1) is 0 Å². The van der Waals surface area contributed by atoms with Crippen LogP contribution in [0.1, 0.15) is 0 Å². The smallest absolute Gasteiger partial charge is 0.244 e. The summed E-state index contributed by atoms with van der Waals surface area (Å²) in [6, 6.07) is 2.72. The fraction of sp³-hybridized carbons (Fsp3) is 0.286. The van der Waals surface area contributed by atoms with E-state index in [1.165, 1.54) is 18.3 Å². The number of nitrogens with zero attached hydrogens (tertiary/aromatic N) is 1. The number of aliphatic hydroxyl groups is 1. The highest BCUT2D eigenvalue weighted by Crippen LogP contribution is 2.05. The van der Waals surface area contributed by atoms with E-state index in [-0.39, 0.29) is 4.90 Å². The number of hydrogen-bond donors (Lipinski definition) is 2. The van der Waals surface area contributed by atoms with Crippen molar-refractivity contribution in [3.63, 3.8) is 0 Å². The van der Waals surface area contributed by atoms with Gasteiger partial charge in [-0.1, -0.05) is 0 Å². The van der Waals surface area contributed by atoms with Crippen molar-refractivity contribution in [2.24, 2.45) is 0 Å². The summed E-state index contributed by atoms with van der Waals surface area (Å²) in [6.45, 7) is -1.18. The Morgan fingerprint density at radius 2 is 2.36 bits per heavy atom. The second-order valence-electron chi connectivity index (χ2n) is 2.48. The molecular formula is C7H9FN2O3S. The van der Waals surface area contributed by atoms with Crippen LogP contribution in [0.4, 0.5) is 4.39 Å². The summed E-state index contributed by atoms with van der Waals surface area (Å²) in [5.74, 6) is 0. The van der Waals surface area contributed by atoms with E-state index in [1.54, 1.807) is 4.72 Å². The van der Waals surface area contributed by atoms with E-state index < -0.39 is 22.9 Å². The van der Waals surface area contributed by atoms with Gasteiger partial charge in [0.1, 0.15) is 17.8 Å². The summed E-state index contributed by atoms with van der Waals surface area (Å²) >= 11 is 0. The maximum absolute atomic E-state index is 11.8. The summed E-state index contributed by atoms with van der Waals surface area (Å²) < 4.78 is 36.2. The Bertz CT molecular complexity index is 381. The molecule has 0 aliphatic carbocycles. The van der Waals surface area contributed by atoms with Crippen molar-refractivity contribution in [2.45, 2.75) is 11.1 Å². The molecule has 0 aliphatic rings. The Morgan fingerprint density at radius 3 is 2.86 bits per heavy atom. The molecule has 1 aromatic rings. The zero-order chi connectivity index (χ0) is 10.6. The first-order valence-electron chi connectivity index (χ1n) is 3.72. The number of aliphatic hydroxyl groups excluding tert-OH is 1. The Balaban J connectivity index is 2.87. The van der Waals surface area contributed by atoms with Gasteiger partial charge in [0.2, 0.25) is 10.0 Å². The highest BCUT2D eigenvalue weighted by Gasteiger charge is 2.17. The van der Waals surface area contributed by atoms with Crippen LogP contribution in [0.2, 0.25) is 0 Å². The van der Waals surface area contributed by atoms with E-state index in [1.807, 2.05) is 0 Å². The molecule has 0 radical (unpaired) electrons. The average Bonchev–Trinajstić information content (AvgIpc) is 2.18. The molecule has 0 amide bonds. The Labute approximate surface area is 80.7 Å². The zero-order valence-corrected chi connectivity index (χ0v) is 7.91. The van der Waals surface area contributed by atoms with Gasteiger partial charge in [-0.2, -0.15) is 4.72 Å². The van der Waals surface area contributed by atoms with Crippen molar-refractivity contribution < 1.29 is 17.9 Å². The first-order chi connectivity index (χ1) is 6.56. The minimum atomic E-state index is -3.87. The highest BCUT2D eigenvalue weighted by molar-refractivity contribution is 7.89. The predicted octanol–water partition coefficient (Wildman–Crippen LogP) is -0.352. The summed E-state index contributed by atoms with van der Waals surface area (Å²) in [5, 5.41) is 8.77. The van der Waals surface area contributed by atoms with Crippen molar-refractivity contribution in [1.82, 2.24) is 9.71 Å². The lowest BCUT2D eigenvalue weighted by atomic mass is 10.5. The molecule has 14 heavy (non-hydrogen) atoms. The second-order valence-corrected chi connectivity index (χ2v) is 4.19. The topological polar surface area (TPSA) is 79.3 Å². The highest BCUT2D eigenvalue weighted by atomic mass is 32.2. The molecule has 0 aliphatic heterocycles. The molecule has 0 bridgehead atoms. The number of aromatic nitrogens is 1. The van der Waals surface area contributed by atoms with Crippen LogP contribution in [0.3, 0.4) is 0 Å². The normalized spacial score (nSPS) is 13.9. The number of halogens is 1. The number of alkyl halides is 1. The number of sulfonamides is 1. The van der Waals surface area contributed by atoms with Gasteiger partial charge in [-0.25, -0.2) is 12.8 Å². The van der Waals surface area contributed by atoms with Gasteiger partial charge in [0.25, 0.3) is 0 Å². The Morgan fingerprint density at radius 1 is 1.64 bits per heavy atom. The fourth-order valence-electron chi connectivity index (χ4n) is 0.785. The monoisotopic (exact) mass is 220 g/mol. The van der Waals surface area contributed by atoms with Crippen LogP contribution < -0.4 is 4.72 Å². The first kappa shape index (κ1) is 11.0. The van der Waals surface area contributed by atoms with Crippen LogP contribution in [0.25, 0.3) is 0 Å². The molecular weight excluding hydrogens is 211 g/mol. The van der Waals surface area contributed by atoms with E-state index in [0.717, 1.165) is 6.20 Å². The van der Waals surface area contributed by atoms with Crippen molar-refractivity contribution in [3.05, 3.63) is 24.5 Å². The minimum Gasteiger partial charge on any atom is -0.375 e. The third-order valence-corrected chi connectivity index (χ3v) is 2.83. The van der Waals surface area contributed by atoms with Crippen LogP contribution >= 0.6 is 0 Å². The van der Waals surface area contributed by atoms with Crippen LogP contribution in [0, 0.1) is 0 Å². The number of rotatable bonds is 4. The van der Waals surface area contributed by atoms with Crippen LogP contribution in [-0.4, -0.2) is 31.4 Å². The predicted molar refractivity (Wildman–Crippen MR) is 46.5 cm³/mol. The van der Waals surface area contributed by atoms with Gasteiger partial charge in [0.15, 0.2) is 0 Å². The molecule has 0 aromatic carbocycles. The molecule has 1 unspecified atom stereocenters. The summed E-state index contributed by atoms with van der Waals surface area (Å²) in [6.07, 6.45) is 0.790. The molecule has 0 saturated carbocycles. The number of hydrogen-bond acceptors (Lipinski definition) is 4. The quantitative estimate of drug-likeness (QED) is 0.680. The number of pyridine rings is 1. The molecule has 7 heteroatoms. The fourth-order valence-corrected chi connectivity index (χ4v) is 1.80. The molecule has 0 fully saturated rings. The molecule has 0 saturated heterocycles. The van der Waals surface area contributed by atoms with Gasteiger partial charge in [-0.3, -0.25) is 4.98 Å². The Hall–Kier alpha value is -1.05. The van der Waals surface area contributed by atoms with Gasteiger partial charge in [-0.05, 0) is 12.1 Å². The molecule has 1 heterocycles. The largest absolute Gasteiger partial charge is 0.375 e. The third-order valence-electron chi connectivity index (χ3n) is 1.38. The summed E-state index contributed by atoms with van der Waals surface area (Å²) in [5.41, 5.74) is 0. The van der Waals surface area contributed by atoms with Gasteiger partial charge in [0, 0.05) is 12.4 Å². The van der Waals surface area contributed by atoms with Gasteiger partial charge < -0.3 is 5.11 Å². The van der Waals surface area contributed by atoms with Crippen molar-refractivity contribution >= 4 is 10.0 Å². The summed E-state index contributed by atoms with van der Waals surface area (Å²) in [4.78, 5) is 3.47. The molecule has 1 rings (SSSR count). The molecule has 78 valence electrons. The average molecular weight is 220 g/mol. The number of nitrogens with one attached hydrogen (secondary N) is 1. The van der Waals surface area contributed by atoms with E-state index >= 15 is 0 Å². The van der Waals surface area contributed by atoms with Crippen molar-refractivity contribution in [2.75, 3.05) is 6.67 Å². The molecule has 1 atom stereocenters. The molecule has 0 spiro atoms. The van der Waals surface area contributed by atoms with Crippen LogP contribution in [0.15, 0.2) is 29.4 Å². The first-order valence-corrected chi connectivity index (χ1v) is 5.21. The van der Waals surface area contributed by atoms with Gasteiger partial charge >= 0.3 is 0 Å². The molecule has 1 aromatic heterocycles. The minimum absolute atomic E-state index is 0.118. The molecule has 5 nitrogen and oxygen atoms in total. The lowest BCUT2D eigenvalue weighted by Crippen LogP contribution is -2.36. The van der Waals surface area contributed by atoms with E-state index in [9.17, 15) is 12.8 Å². The maximum Gasteiger partial charge on any atom is 0.244 e. The van der Waals surface area contributed by atoms with Crippen molar-refractivity contribution in [1.29, 1.82) is 0 Å². The zero-order valence-electron chi connectivity index (χ0n) is 7.09.